The molecule has 0 aliphatic rings. The molecule has 0 aromatic rings. The molecule has 0 fully saturated rings. The second-order valence-corrected chi connectivity index (χ2v) is 22.9. The maximum Gasteiger partial charge on any atom is 0.472 e. The van der Waals surface area contributed by atoms with Gasteiger partial charge in [-0.15, -0.1) is 0 Å². The van der Waals surface area contributed by atoms with Gasteiger partial charge in [0.15, 0.2) is 0 Å². The molecule has 0 aromatic carbocycles. The number of phosphoric ester groups is 1. The first kappa shape index (κ1) is 73.4. The number of unbranched alkanes of at least 4 members (excludes halogenated alkanes) is 20. The number of hydrogen-bond donors (Lipinski definition) is 2. The van der Waals surface area contributed by atoms with E-state index in [2.05, 4.69) is 135 Å². The molecular weight excluding hydrogens is 976 g/mol. The summed E-state index contributed by atoms with van der Waals surface area (Å²) >= 11 is 0. The van der Waals surface area contributed by atoms with Crippen LogP contribution in [-0.2, 0) is 27.9 Å². The zero-order chi connectivity index (χ0) is 56.4. The summed E-state index contributed by atoms with van der Waals surface area (Å²) in [7, 11) is 1.43. The van der Waals surface area contributed by atoms with Gasteiger partial charge in [0, 0.05) is 12.8 Å². The Labute approximate surface area is 473 Å². The molecule has 77 heavy (non-hydrogen) atoms. The number of quaternary nitrogens is 1. The van der Waals surface area contributed by atoms with Crippen molar-refractivity contribution in [2.24, 2.45) is 0 Å². The van der Waals surface area contributed by atoms with Crippen molar-refractivity contribution in [2.75, 3.05) is 40.9 Å². The monoisotopic (exact) mass is 1090 g/mol. The molecule has 0 radical (unpaired) electrons. The van der Waals surface area contributed by atoms with Gasteiger partial charge < -0.3 is 19.4 Å². The third-order valence-corrected chi connectivity index (χ3v) is 13.9. The Morgan fingerprint density at radius 1 is 0.468 bits per heavy atom. The molecule has 0 saturated carbocycles. The van der Waals surface area contributed by atoms with E-state index >= 15 is 0 Å². The van der Waals surface area contributed by atoms with E-state index in [-0.39, 0.29) is 37.9 Å². The van der Waals surface area contributed by atoms with E-state index in [1.54, 1.807) is 0 Å². The number of nitrogens with zero attached hydrogens (tertiary/aromatic N) is 1. The summed E-state index contributed by atoms with van der Waals surface area (Å²) < 4.78 is 30.6. The first-order valence-electron chi connectivity index (χ1n) is 30.9. The number of esters is 1. The van der Waals surface area contributed by atoms with Gasteiger partial charge in [-0.1, -0.05) is 233 Å². The number of rotatable bonds is 54. The zero-order valence-electron chi connectivity index (χ0n) is 50.2. The molecule has 10 heteroatoms. The van der Waals surface area contributed by atoms with Crippen LogP contribution in [0.15, 0.2) is 122 Å². The minimum atomic E-state index is -4.48. The standard InChI is InChI=1S/C67H115N2O7P/c1-7-10-13-16-19-22-25-28-30-32-33-34-35-37-39-42-45-48-51-54-57-60-67(71)76-65(58-55-52-49-46-43-40-27-24-21-18-15-12-9-3)64(63-75-77(72,73)74-62-61-69(4,5)6)68-66(70)59-56-53-50-47-44-41-38-36-31-29-26-23-20-17-14-11-8-2/h10,13,19-20,22-23,28-31,33-34,37-39,41,47,50,55,58,64-65H,7-9,11-12,14-18,21,24-27,32,35-36,40,42-46,48-49,51-54,56-57,59-63H2,1-6H3,(H-,68,70,72,73)/p+1/b13-10-,22-19-,23-20-,30-28-,31-29-,34-33-,39-37-,41-38-,50-47-,58-55+. The number of hydrogen-bond acceptors (Lipinski definition) is 6. The molecule has 0 spiro atoms. The number of nitrogens with one attached hydrogen (secondary N) is 1. The molecule has 3 atom stereocenters. The molecule has 0 aliphatic carbocycles. The van der Waals surface area contributed by atoms with Gasteiger partial charge in [-0.25, -0.2) is 4.57 Å². The summed E-state index contributed by atoms with van der Waals surface area (Å²) in [6.07, 6.45) is 77.7. The fraction of sp³-hybridized carbons (Fsp3) is 0.672. The molecule has 0 aliphatic heterocycles. The van der Waals surface area contributed by atoms with E-state index in [1.807, 2.05) is 33.3 Å². The molecule has 0 saturated heterocycles. The van der Waals surface area contributed by atoms with Gasteiger partial charge in [-0.05, 0) is 115 Å². The second kappa shape index (κ2) is 55.7. The number of phosphoric acid groups is 1. The fourth-order valence-corrected chi connectivity index (χ4v) is 8.87. The first-order valence-corrected chi connectivity index (χ1v) is 32.4. The third kappa shape index (κ3) is 56.9. The van der Waals surface area contributed by atoms with Gasteiger partial charge in [0.1, 0.15) is 19.3 Å². The normalized spacial score (nSPS) is 14.5. The lowest BCUT2D eigenvalue weighted by atomic mass is 10.0. The van der Waals surface area contributed by atoms with Crippen LogP contribution in [0.1, 0.15) is 239 Å². The van der Waals surface area contributed by atoms with Crippen LogP contribution in [0.4, 0.5) is 0 Å². The predicted molar refractivity (Wildman–Crippen MR) is 332 cm³/mol. The van der Waals surface area contributed by atoms with Crippen molar-refractivity contribution in [2.45, 2.75) is 251 Å². The van der Waals surface area contributed by atoms with Gasteiger partial charge in [0.05, 0.1) is 33.8 Å². The molecule has 0 heterocycles. The number of carbonyl (C=O) groups excluding carboxylic acids is 2. The lowest BCUT2D eigenvalue weighted by molar-refractivity contribution is -0.870. The smallest absolute Gasteiger partial charge is 0.456 e. The van der Waals surface area contributed by atoms with Gasteiger partial charge >= 0.3 is 13.8 Å². The zero-order valence-corrected chi connectivity index (χ0v) is 51.1. The Balaban J connectivity index is 5.43. The Morgan fingerprint density at radius 2 is 0.844 bits per heavy atom. The minimum Gasteiger partial charge on any atom is -0.456 e. The molecule has 9 nitrogen and oxygen atoms in total. The van der Waals surface area contributed by atoms with Crippen molar-refractivity contribution >= 4 is 19.7 Å². The van der Waals surface area contributed by atoms with Crippen LogP contribution >= 0.6 is 7.82 Å². The van der Waals surface area contributed by atoms with Crippen molar-refractivity contribution in [3.63, 3.8) is 0 Å². The van der Waals surface area contributed by atoms with Crippen LogP contribution in [0.25, 0.3) is 0 Å². The van der Waals surface area contributed by atoms with Crippen molar-refractivity contribution in [3.8, 4) is 0 Å². The molecule has 3 unspecified atom stereocenters. The number of amides is 1. The molecular formula is C67H116N2O7P+. The lowest BCUT2D eigenvalue weighted by Gasteiger charge is -2.27. The highest BCUT2D eigenvalue weighted by Gasteiger charge is 2.30. The number of likely N-dealkylation sites (N-methyl/N-ethyl adjacent to an activating group) is 1. The second-order valence-electron chi connectivity index (χ2n) is 21.5. The predicted octanol–water partition coefficient (Wildman–Crippen LogP) is 19.1. The summed E-state index contributed by atoms with van der Waals surface area (Å²) in [5, 5.41) is 3.01. The number of carbonyl (C=O) groups is 2. The molecule has 0 bridgehead atoms. The maximum absolute atomic E-state index is 13.5. The highest BCUT2D eigenvalue weighted by atomic mass is 31.2. The van der Waals surface area contributed by atoms with Gasteiger partial charge in [0.2, 0.25) is 5.91 Å². The van der Waals surface area contributed by atoms with Gasteiger partial charge in [-0.3, -0.25) is 18.6 Å². The summed E-state index contributed by atoms with van der Waals surface area (Å²) in [4.78, 5) is 37.7. The highest BCUT2D eigenvalue weighted by molar-refractivity contribution is 7.47. The van der Waals surface area contributed by atoms with Gasteiger partial charge in [-0.2, -0.15) is 0 Å². The van der Waals surface area contributed by atoms with Crippen molar-refractivity contribution in [1.82, 2.24) is 5.32 Å². The molecule has 440 valence electrons. The summed E-state index contributed by atoms with van der Waals surface area (Å²) in [6, 6.07) is -0.894. The highest BCUT2D eigenvalue weighted by Crippen LogP contribution is 2.43. The van der Waals surface area contributed by atoms with Crippen LogP contribution in [0, 0.1) is 0 Å². The average molecular weight is 1090 g/mol. The Morgan fingerprint density at radius 3 is 1.30 bits per heavy atom. The first-order chi connectivity index (χ1) is 37.4. The van der Waals surface area contributed by atoms with Crippen LogP contribution < -0.4 is 5.32 Å². The Hall–Kier alpha value is -3.59. The van der Waals surface area contributed by atoms with Crippen LogP contribution in [-0.4, -0.2) is 74.3 Å². The Bertz CT molecular complexity index is 1730. The largest absolute Gasteiger partial charge is 0.472 e. The lowest BCUT2D eigenvalue weighted by Crippen LogP contribution is -2.47. The van der Waals surface area contributed by atoms with Crippen molar-refractivity contribution in [1.29, 1.82) is 0 Å². The average Bonchev–Trinajstić information content (AvgIpc) is 3.39. The molecule has 1 amide bonds. The summed E-state index contributed by atoms with van der Waals surface area (Å²) in [6.45, 7) is 6.80. The summed E-state index contributed by atoms with van der Waals surface area (Å²) in [5.74, 6) is -0.600. The van der Waals surface area contributed by atoms with Crippen LogP contribution in [0.5, 0.6) is 0 Å². The van der Waals surface area contributed by atoms with E-state index in [4.69, 9.17) is 13.8 Å². The SMILES string of the molecule is CC/C=C\C/C=C\C/C=C\C/C=C\C/C=C\CCCCCCCC(=O)OC(/C=C/CCCCCCCCCCCCC)C(COP(=O)(O)OCC[N+](C)(C)C)NC(=O)CCC/C=C\C/C=C\C/C=C\C/C=C\CCCCC. The maximum atomic E-state index is 13.5. The van der Waals surface area contributed by atoms with Crippen molar-refractivity contribution < 1.29 is 37.3 Å². The van der Waals surface area contributed by atoms with E-state index in [0.717, 1.165) is 109 Å². The molecule has 0 rings (SSSR count). The molecule has 0 aromatic heterocycles. The molecule has 2 N–H and O–H groups in total. The van der Waals surface area contributed by atoms with Gasteiger partial charge in [0.25, 0.3) is 0 Å². The van der Waals surface area contributed by atoms with E-state index in [9.17, 15) is 19.0 Å². The van der Waals surface area contributed by atoms with E-state index in [0.29, 0.717) is 23.9 Å². The fourth-order valence-electron chi connectivity index (χ4n) is 8.13. The number of ether oxygens (including phenoxy) is 1. The van der Waals surface area contributed by atoms with E-state index in [1.165, 1.54) is 83.5 Å². The topological polar surface area (TPSA) is 111 Å². The van der Waals surface area contributed by atoms with Crippen LogP contribution in [0.3, 0.4) is 0 Å². The Kier molecular flexibility index (Phi) is 53.1. The van der Waals surface area contributed by atoms with E-state index < -0.39 is 20.0 Å². The van der Waals surface area contributed by atoms with Crippen molar-refractivity contribution in [3.05, 3.63) is 122 Å². The minimum absolute atomic E-state index is 0.0203. The summed E-state index contributed by atoms with van der Waals surface area (Å²) in [5.41, 5.74) is 0. The number of allylic oxidation sites excluding steroid dienone is 19. The van der Waals surface area contributed by atoms with Crippen LogP contribution in [0.2, 0.25) is 0 Å². The third-order valence-electron chi connectivity index (χ3n) is 12.9. The quantitative estimate of drug-likeness (QED) is 0.0205.